The third-order valence-corrected chi connectivity index (χ3v) is 3.93. The van der Waals surface area contributed by atoms with Crippen molar-refractivity contribution in [3.05, 3.63) is 70.6 Å². The molecule has 2 aromatic carbocycles. The van der Waals surface area contributed by atoms with E-state index in [2.05, 4.69) is 10.3 Å². The van der Waals surface area contributed by atoms with Gasteiger partial charge in [0.05, 0.1) is 0 Å². The molecule has 4 nitrogen and oxygen atoms in total. The van der Waals surface area contributed by atoms with Crippen LogP contribution >= 0.6 is 11.3 Å². The Morgan fingerprint density at radius 3 is 2.21 bits per heavy atom. The first-order valence-electron chi connectivity index (χ1n) is 6.95. The number of halogens is 2. The highest BCUT2D eigenvalue weighted by molar-refractivity contribution is 7.17. The second kappa shape index (κ2) is 8.16. The molecule has 0 aliphatic carbocycles. The van der Waals surface area contributed by atoms with Crippen molar-refractivity contribution in [2.24, 2.45) is 0 Å². The molecule has 1 aromatic heterocycles. The van der Waals surface area contributed by atoms with Gasteiger partial charge in [0.2, 0.25) is 0 Å². The number of anilines is 3. The Labute approximate surface area is 142 Å². The van der Waals surface area contributed by atoms with E-state index in [9.17, 15) is 13.6 Å². The molecule has 0 saturated carbocycles. The molecule has 0 amide bonds. The molecule has 0 atom stereocenters. The van der Waals surface area contributed by atoms with Crippen molar-refractivity contribution in [1.82, 2.24) is 4.98 Å². The zero-order chi connectivity index (χ0) is 17.5. The summed E-state index contributed by atoms with van der Waals surface area (Å²) >= 11 is 1.24. The number of hydrogen-bond donors (Lipinski definition) is 2. The van der Waals surface area contributed by atoms with E-state index in [4.69, 9.17) is 5.73 Å². The fourth-order valence-electron chi connectivity index (χ4n) is 1.71. The fourth-order valence-corrected chi connectivity index (χ4v) is 2.43. The molecule has 0 saturated heterocycles. The molecule has 0 bridgehead atoms. The number of benzene rings is 2. The molecule has 0 fully saturated rings. The summed E-state index contributed by atoms with van der Waals surface area (Å²) in [5.74, 6) is -0.710. The summed E-state index contributed by atoms with van der Waals surface area (Å²) in [6.07, 6.45) is 0.711. The van der Waals surface area contributed by atoms with Gasteiger partial charge < -0.3 is 11.1 Å². The second-order valence-corrected chi connectivity index (χ2v) is 5.75. The van der Waals surface area contributed by atoms with Crippen molar-refractivity contribution in [3.8, 4) is 0 Å². The number of para-hydroxylation sites is 1. The lowest BCUT2D eigenvalue weighted by atomic mass is 10.2. The van der Waals surface area contributed by atoms with Gasteiger partial charge in [-0.2, -0.15) is 0 Å². The molecule has 3 N–H and O–H groups in total. The summed E-state index contributed by atoms with van der Waals surface area (Å²) < 4.78 is 24.7. The van der Waals surface area contributed by atoms with E-state index in [-0.39, 0.29) is 11.4 Å². The summed E-state index contributed by atoms with van der Waals surface area (Å²) in [6, 6.07) is 13.4. The number of rotatable bonds is 3. The first-order chi connectivity index (χ1) is 11.5. The lowest BCUT2D eigenvalue weighted by molar-refractivity contribution is 0.112. The van der Waals surface area contributed by atoms with Gasteiger partial charge in [0, 0.05) is 11.3 Å². The van der Waals surface area contributed by atoms with Gasteiger partial charge in [-0.1, -0.05) is 35.6 Å². The van der Waals surface area contributed by atoms with E-state index in [1.807, 2.05) is 30.3 Å². The van der Waals surface area contributed by atoms with E-state index in [0.717, 1.165) is 5.69 Å². The standard InChI is InChI=1S/C10H9N3OS.C7H6F2/c11-9-8(6-14)15-10(13-9)12-7-4-2-1-3-5-7;1-5-6(8)3-2-4-7(5)9/h1-6H,11H2,(H,12,13);2-4H,1H3. The van der Waals surface area contributed by atoms with Gasteiger partial charge in [-0.3, -0.25) is 4.79 Å². The van der Waals surface area contributed by atoms with Crippen LogP contribution in [0.4, 0.5) is 25.4 Å². The highest BCUT2D eigenvalue weighted by Gasteiger charge is 2.06. The molecule has 0 radical (unpaired) electrons. The van der Waals surface area contributed by atoms with Crippen LogP contribution in [0.2, 0.25) is 0 Å². The Kier molecular flexibility index (Phi) is 5.97. The van der Waals surface area contributed by atoms with Gasteiger partial charge in [0.1, 0.15) is 22.3 Å². The third-order valence-electron chi connectivity index (χ3n) is 3.01. The summed E-state index contributed by atoms with van der Waals surface area (Å²) in [4.78, 5) is 15.0. The maximum Gasteiger partial charge on any atom is 0.189 e. The van der Waals surface area contributed by atoms with Gasteiger partial charge in [0.15, 0.2) is 11.4 Å². The van der Waals surface area contributed by atoms with Crippen molar-refractivity contribution in [2.75, 3.05) is 11.1 Å². The maximum atomic E-state index is 12.3. The minimum Gasteiger partial charge on any atom is -0.382 e. The van der Waals surface area contributed by atoms with Crippen LogP contribution in [-0.2, 0) is 0 Å². The number of aldehydes is 1. The first kappa shape index (κ1) is 17.6. The molecule has 7 heteroatoms. The monoisotopic (exact) mass is 347 g/mol. The van der Waals surface area contributed by atoms with Crippen molar-refractivity contribution in [3.63, 3.8) is 0 Å². The Morgan fingerprint density at radius 1 is 1.08 bits per heavy atom. The van der Waals surface area contributed by atoms with Gasteiger partial charge in [-0.15, -0.1) is 0 Å². The lowest BCUT2D eigenvalue weighted by Crippen LogP contribution is -1.91. The fraction of sp³-hybridized carbons (Fsp3) is 0.0588. The van der Waals surface area contributed by atoms with Crippen molar-refractivity contribution < 1.29 is 13.6 Å². The van der Waals surface area contributed by atoms with Crippen LogP contribution in [0.15, 0.2) is 48.5 Å². The molecule has 1 heterocycles. The highest BCUT2D eigenvalue weighted by atomic mass is 32.1. The first-order valence-corrected chi connectivity index (χ1v) is 7.77. The SMILES string of the molecule is Cc1c(F)cccc1F.Nc1nc(Nc2ccccc2)sc1C=O. The molecule has 3 rings (SSSR count). The summed E-state index contributed by atoms with van der Waals surface area (Å²) in [5.41, 5.74) is 6.53. The molecule has 0 spiro atoms. The Bertz CT molecular complexity index is 802. The maximum absolute atomic E-state index is 12.3. The minimum atomic E-state index is -0.491. The number of carbonyl (C=O) groups excluding carboxylic acids is 1. The number of nitrogens with one attached hydrogen (secondary N) is 1. The molecular weight excluding hydrogens is 332 g/mol. The lowest BCUT2D eigenvalue weighted by Gasteiger charge is -1.99. The summed E-state index contributed by atoms with van der Waals surface area (Å²) in [6.45, 7) is 1.41. The van der Waals surface area contributed by atoms with E-state index < -0.39 is 11.6 Å². The Balaban J connectivity index is 0.000000198. The van der Waals surface area contributed by atoms with Crippen LogP contribution in [0.1, 0.15) is 15.2 Å². The molecule has 3 aromatic rings. The van der Waals surface area contributed by atoms with Crippen LogP contribution < -0.4 is 11.1 Å². The molecule has 0 aliphatic rings. The van der Waals surface area contributed by atoms with Crippen LogP contribution in [0.3, 0.4) is 0 Å². The molecular formula is C17H15F2N3OS. The van der Waals surface area contributed by atoms with Crippen molar-refractivity contribution in [2.45, 2.75) is 6.92 Å². The number of thiazole rings is 1. The number of aromatic nitrogens is 1. The number of nitrogen functional groups attached to an aromatic ring is 1. The molecule has 0 aliphatic heterocycles. The van der Waals surface area contributed by atoms with Crippen molar-refractivity contribution in [1.29, 1.82) is 0 Å². The number of carbonyl (C=O) groups is 1. The second-order valence-electron chi connectivity index (χ2n) is 4.72. The minimum absolute atomic E-state index is 0.0810. The summed E-state index contributed by atoms with van der Waals surface area (Å²) in [7, 11) is 0. The van der Waals surface area contributed by atoms with Crippen LogP contribution in [0.5, 0.6) is 0 Å². The zero-order valence-electron chi connectivity index (χ0n) is 12.8. The normalized spacial score (nSPS) is 9.79. The van der Waals surface area contributed by atoms with E-state index in [0.29, 0.717) is 16.3 Å². The highest BCUT2D eigenvalue weighted by Crippen LogP contribution is 2.25. The van der Waals surface area contributed by atoms with Gasteiger partial charge >= 0.3 is 0 Å². The average molecular weight is 347 g/mol. The van der Waals surface area contributed by atoms with Crippen LogP contribution in [0.25, 0.3) is 0 Å². The Morgan fingerprint density at radius 2 is 1.71 bits per heavy atom. The van der Waals surface area contributed by atoms with Crippen molar-refractivity contribution >= 4 is 34.3 Å². The summed E-state index contributed by atoms with van der Waals surface area (Å²) in [5, 5.41) is 3.69. The third kappa shape index (κ3) is 4.60. The number of nitrogens with two attached hydrogens (primary N) is 1. The van der Waals surface area contributed by atoms with E-state index in [1.165, 1.54) is 36.5 Å². The van der Waals surface area contributed by atoms with Gasteiger partial charge in [0.25, 0.3) is 0 Å². The predicted molar refractivity (Wildman–Crippen MR) is 92.7 cm³/mol. The van der Waals surface area contributed by atoms with E-state index >= 15 is 0 Å². The predicted octanol–water partition coefficient (Wildman–Crippen LogP) is 4.55. The quantitative estimate of drug-likeness (QED) is 0.682. The van der Waals surface area contributed by atoms with Crippen LogP contribution in [-0.4, -0.2) is 11.3 Å². The molecule has 24 heavy (non-hydrogen) atoms. The smallest absolute Gasteiger partial charge is 0.189 e. The van der Waals surface area contributed by atoms with Gasteiger partial charge in [-0.05, 0) is 31.2 Å². The Hall–Kier alpha value is -2.80. The van der Waals surface area contributed by atoms with Gasteiger partial charge in [-0.25, -0.2) is 13.8 Å². The van der Waals surface area contributed by atoms with E-state index in [1.54, 1.807) is 0 Å². The largest absolute Gasteiger partial charge is 0.382 e. The zero-order valence-corrected chi connectivity index (χ0v) is 13.6. The number of nitrogens with zero attached hydrogens (tertiary/aromatic N) is 1. The molecule has 124 valence electrons. The number of hydrogen-bond acceptors (Lipinski definition) is 5. The topological polar surface area (TPSA) is 68.0 Å². The van der Waals surface area contributed by atoms with Crippen LogP contribution in [0, 0.1) is 18.6 Å². The molecule has 0 unspecified atom stereocenters. The average Bonchev–Trinajstić information content (AvgIpc) is 2.93.